The summed E-state index contributed by atoms with van der Waals surface area (Å²) in [6, 6.07) is 2.18. The van der Waals surface area contributed by atoms with E-state index >= 15 is 0 Å². The number of hydrogen-bond acceptors (Lipinski definition) is 3. The predicted octanol–water partition coefficient (Wildman–Crippen LogP) is 1.96. The lowest BCUT2D eigenvalue weighted by molar-refractivity contribution is 0.0975. The van der Waals surface area contributed by atoms with Crippen LogP contribution in [0.5, 0.6) is 0 Å². The second kappa shape index (κ2) is 9.14. The van der Waals surface area contributed by atoms with Crippen molar-refractivity contribution in [3.05, 3.63) is 23.5 Å². The molecule has 0 aromatic carbocycles. The monoisotopic (exact) mass is 254 g/mol. The average Bonchev–Trinajstić information content (AvgIpc) is 2.72. The Morgan fingerprint density at radius 3 is 2.83 bits per heavy atom. The molecule has 0 saturated heterocycles. The third-order valence-electron chi connectivity index (χ3n) is 3.03. The first-order valence-electron chi connectivity index (χ1n) is 6.71. The van der Waals surface area contributed by atoms with Gasteiger partial charge in [-0.3, -0.25) is 0 Å². The Morgan fingerprint density at radius 1 is 1.28 bits per heavy atom. The van der Waals surface area contributed by atoms with Crippen molar-refractivity contribution >= 4 is 0 Å². The van der Waals surface area contributed by atoms with Crippen molar-refractivity contribution in [2.75, 3.05) is 33.5 Å². The van der Waals surface area contributed by atoms with E-state index in [-0.39, 0.29) is 0 Å². The van der Waals surface area contributed by atoms with Gasteiger partial charge < -0.3 is 19.4 Å². The standard InChI is InChI=1S/C14H26N2O2/c1-4-15-12-14-6-7-16(13(14)2)8-11-18-10-5-9-17-3/h6-7,15H,4-5,8-12H2,1-3H3. The zero-order valence-electron chi connectivity index (χ0n) is 11.9. The van der Waals surface area contributed by atoms with Crippen LogP contribution in [0.2, 0.25) is 0 Å². The van der Waals surface area contributed by atoms with Gasteiger partial charge in [0.2, 0.25) is 0 Å². The Labute approximate surface area is 110 Å². The summed E-state index contributed by atoms with van der Waals surface area (Å²) in [6.45, 7) is 9.48. The van der Waals surface area contributed by atoms with Crippen molar-refractivity contribution in [1.82, 2.24) is 9.88 Å². The molecule has 1 aromatic rings. The molecule has 1 rings (SSSR count). The summed E-state index contributed by atoms with van der Waals surface area (Å²) in [5, 5.41) is 3.35. The van der Waals surface area contributed by atoms with Crippen LogP contribution < -0.4 is 5.32 Å². The molecular formula is C14H26N2O2. The van der Waals surface area contributed by atoms with E-state index in [0.717, 1.165) is 45.9 Å². The van der Waals surface area contributed by atoms with Crippen molar-refractivity contribution in [3.63, 3.8) is 0 Å². The van der Waals surface area contributed by atoms with Gasteiger partial charge in [-0.2, -0.15) is 0 Å². The molecule has 0 aliphatic heterocycles. The lowest BCUT2D eigenvalue weighted by Gasteiger charge is -2.08. The molecule has 4 heteroatoms. The largest absolute Gasteiger partial charge is 0.385 e. The minimum Gasteiger partial charge on any atom is -0.385 e. The van der Waals surface area contributed by atoms with Crippen LogP contribution in [-0.2, 0) is 22.6 Å². The summed E-state index contributed by atoms with van der Waals surface area (Å²) in [5.41, 5.74) is 2.70. The van der Waals surface area contributed by atoms with Gasteiger partial charge in [0.25, 0.3) is 0 Å². The zero-order valence-corrected chi connectivity index (χ0v) is 11.9. The lowest BCUT2D eigenvalue weighted by atomic mass is 10.2. The van der Waals surface area contributed by atoms with Crippen LogP contribution in [0.4, 0.5) is 0 Å². The van der Waals surface area contributed by atoms with Crippen LogP contribution >= 0.6 is 0 Å². The molecule has 0 aliphatic carbocycles. The number of methoxy groups -OCH3 is 1. The highest BCUT2D eigenvalue weighted by molar-refractivity contribution is 5.20. The average molecular weight is 254 g/mol. The van der Waals surface area contributed by atoms with E-state index in [1.807, 2.05) is 0 Å². The molecule has 0 spiro atoms. The summed E-state index contributed by atoms with van der Waals surface area (Å²) in [6.07, 6.45) is 3.10. The molecule has 0 radical (unpaired) electrons. The fourth-order valence-electron chi connectivity index (χ4n) is 1.86. The summed E-state index contributed by atoms with van der Waals surface area (Å²) in [7, 11) is 1.72. The number of aromatic nitrogens is 1. The molecule has 0 unspecified atom stereocenters. The number of nitrogens with one attached hydrogen (secondary N) is 1. The second-order valence-corrected chi connectivity index (χ2v) is 4.36. The summed E-state index contributed by atoms with van der Waals surface area (Å²) in [4.78, 5) is 0. The van der Waals surface area contributed by atoms with Crippen molar-refractivity contribution in [2.45, 2.75) is 33.4 Å². The Kier molecular flexibility index (Phi) is 7.73. The van der Waals surface area contributed by atoms with Gasteiger partial charge in [-0.15, -0.1) is 0 Å². The fourth-order valence-corrected chi connectivity index (χ4v) is 1.86. The molecule has 0 bridgehead atoms. The number of ether oxygens (including phenoxy) is 2. The van der Waals surface area contributed by atoms with Crippen LogP contribution in [-0.4, -0.2) is 38.0 Å². The van der Waals surface area contributed by atoms with E-state index in [1.165, 1.54) is 11.3 Å². The molecule has 4 nitrogen and oxygen atoms in total. The van der Waals surface area contributed by atoms with Crippen molar-refractivity contribution in [2.24, 2.45) is 0 Å². The van der Waals surface area contributed by atoms with E-state index in [4.69, 9.17) is 9.47 Å². The van der Waals surface area contributed by atoms with Crippen LogP contribution in [0.15, 0.2) is 12.3 Å². The van der Waals surface area contributed by atoms with E-state index in [9.17, 15) is 0 Å². The minimum atomic E-state index is 0.764. The third kappa shape index (κ3) is 5.21. The lowest BCUT2D eigenvalue weighted by Crippen LogP contribution is -2.13. The smallest absolute Gasteiger partial charge is 0.0645 e. The molecule has 0 fully saturated rings. The predicted molar refractivity (Wildman–Crippen MR) is 73.9 cm³/mol. The highest BCUT2D eigenvalue weighted by atomic mass is 16.5. The van der Waals surface area contributed by atoms with Crippen molar-refractivity contribution in [1.29, 1.82) is 0 Å². The third-order valence-corrected chi connectivity index (χ3v) is 3.03. The maximum absolute atomic E-state index is 5.57. The number of nitrogens with zero attached hydrogens (tertiary/aromatic N) is 1. The van der Waals surface area contributed by atoms with E-state index < -0.39 is 0 Å². The zero-order chi connectivity index (χ0) is 13.2. The maximum atomic E-state index is 5.57. The number of rotatable bonds is 10. The quantitative estimate of drug-likeness (QED) is 0.648. The molecule has 0 atom stereocenters. The van der Waals surface area contributed by atoms with E-state index in [1.54, 1.807) is 7.11 Å². The number of hydrogen-bond donors (Lipinski definition) is 1. The molecule has 1 aromatic heterocycles. The second-order valence-electron chi connectivity index (χ2n) is 4.36. The highest BCUT2D eigenvalue weighted by Gasteiger charge is 2.03. The molecule has 0 aliphatic rings. The Hall–Kier alpha value is -0.840. The molecule has 0 amide bonds. The minimum absolute atomic E-state index is 0.764. The summed E-state index contributed by atoms with van der Waals surface area (Å²) >= 11 is 0. The first-order valence-corrected chi connectivity index (χ1v) is 6.71. The van der Waals surface area contributed by atoms with Gasteiger partial charge in [0, 0.05) is 45.3 Å². The van der Waals surface area contributed by atoms with Crippen LogP contribution in [0.3, 0.4) is 0 Å². The van der Waals surface area contributed by atoms with E-state index in [2.05, 4.69) is 36.0 Å². The normalized spacial score (nSPS) is 11.1. The van der Waals surface area contributed by atoms with Crippen molar-refractivity contribution < 1.29 is 9.47 Å². The van der Waals surface area contributed by atoms with Gasteiger partial charge >= 0.3 is 0 Å². The summed E-state index contributed by atoms with van der Waals surface area (Å²) in [5.74, 6) is 0. The van der Waals surface area contributed by atoms with Crippen LogP contribution in [0, 0.1) is 6.92 Å². The van der Waals surface area contributed by atoms with Gasteiger partial charge in [-0.1, -0.05) is 6.92 Å². The molecule has 104 valence electrons. The Bertz CT molecular complexity index is 324. The van der Waals surface area contributed by atoms with Crippen molar-refractivity contribution in [3.8, 4) is 0 Å². The van der Waals surface area contributed by atoms with Crippen LogP contribution in [0.1, 0.15) is 24.6 Å². The van der Waals surface area contributed by atoms with Gasteiger partial charge in [-0.25, -0.2) is 0 Å². The molecular weight excluding hydrogens is 228 g/mol. The van der Waals surface area contributed by atoms with E-state index in [0.29, 0.717) is 0 Å². The topological polar surface area (TPSA) is 35.4 Å². The molecule has 1 heterocycles. The molecule has 1 N–H and O–H groups in total. The Balaban J connectivity index is 2.23. The van der Waals surface area contributed by atoms with Gasteiger partial charge in [0.15, 0.2) is 0 Å². The van der Waals surface area contributed by atoms with Gasteiger partial charge in [0.1, 0.15) is 0 Å². The summed E-state index contributed by atoms with van der Waals surface area (Å²) < 4.78 is 12.8. The fraction of sp³-hybridized carbons (Fsp3) is 0.714. The van der Waals surface area contributed by atoms with Gasteiger partial charge in [-0.05, 0) is 31.5 Å². The van der Waals surface area contributed by atoms with Gasteiger partial charge in [0.05, 0.1) is 6.61 Å². The van der Waals surface area contributed by atoms with Crippen LogP contribution in [0.25, 0.3) is 0 Å². The molecule has 18 heavy (non-hydrogen) atoms. The Morgan fingerprint density at radius 2 is 2.11 bits per heavy atom. The molecule has 0 saturated carbocycles. The SMILES string of the molecule is CCNCc1ccn(CCOCCCOC)c1C. The first kappa shape index (κ1) is 15.2. The highest BCUT2D eigenvalue weighted by Crippen LogP contribution is 2.09. The maximum Gasteiger partial charge on any atom is 0.0645 e. The first-order chi connectivity index (χ1) is 8.79.